The largest absolute Gasteiger partial charge is 0.481 e. The molecule has 0 aliphatic rings. The smallest absolute Gasteiger partial charge is 0.313 e. The lowest BCUT2D eigenvalue weighted by molar-refractivity contribution is -0.133. The average Bonchev–Trinajstić information content (AvgIpc) is 3.10. The van der Waals surface area contributed by atoms with Crippen molar-refractivity contribution in [1.82, 2.24) is 9.55 Å². The molecule has 0 amide bonds. The third kappa shape index (κ3) is 3.79. The summed E-state index contributed by atoms with van der Waals surface area (Å²) in [6.07, 6.45) is 0. The molecule has 0 unspecified atom stereocenters. The highest BCUT2D eigenvalue weighted by atomic mass is 32.2. The van der Waals surface area contributed by atoms with Crippen molar-refractivity contribution in [3.05, 3.63) is 75.9 Å². The summed E-state index contributed by atoms with van der Waals surface area (Å²) in [5.74, 6) is -2.36. The molecular weight excluding hydrogens is 418 g/mol. The minimum absolute atomic E-state index is 0.142. The number of hydrogen-bond acceptors (Lipinski definition) is 5. The number of aromatic nitrogens is 2. The molecule has 0 aliphatic heterocycles. The van der Waals surface area contributed by atoms with E-state index in [0.29, 0.717) is 16.0 Å². The molecule has 0 saturated carbocycles. The number of thiophene rings is 1. The molecule has 4 rings (SSSR count). The fourth-order valence-corrected chi connectivity index (χ4v) is 4.63. The third-order valence-corrected chi connectivity index (χ3v) is 5.90. The Bertz CT molecular complexity index is 1300. The van der Waals surface area contributed by atoms with E-state index in [1.54, 1.807) is 17.5 Å². The van der Waals surface area contributed by atoms with Crippen molar-refractivity contribution < 1.29 is 18.7 Å². The van der Waals surface area contributed by atoms with Crippen LogP contribution in [0.1, 0.15) is 0 Å². The molecule has 0 atom stereocenters. The second kappa shape index (κ2) is 7.76. The van der Waals surface area contributed by atoms with E-state index in [9.17, 15) is 18.4 Å². The van der Waals surface area contributed by atoms with Gasteiger partial charge in [-0.3, -0.25) is 14.2 Å². The Morgan fingerprint density at radius 2 is 1.86 bits per heavy atom. The number of hydrogen-bond donors (Lipinski definition) is 1. The number of thioether (sulfide) groups is 1. The number of carboxylic acids is 1. The van der Waals surface area contributed by atoms with Crippen LogP contribution in [-0.2, 0) is 4.79 Å². The maximum Gasteiger partial charge on any atom is 0.313 e. The molecule has 4 aromatic rings. The molecule has 0 aliphatic carbocycles. The maximum absolute atomic E-state index is 13.8. The summed E-state index contributed by atoms with van der Waals surface area (Å²) in [5, 5.41) is 11.1. The highest BCUT2D eigenvalue weighted by molar-refractivity contribution is 7.99. The second-order valence-electron chi connectivity index (χ2n) is 6.04. The minimum atomic E-state index is -1.07. The monoisotopic (exact) mass is 430 g/mol. The Morgan fingerprint density at radius 1 is 1.14 bits per heavy atom. The van der Waals surface area contributed by atoms with E-state index < -0.39 is 23.2 Å². The van der Waals surface area contributed by atoms with Crippen LogP contribution in [0, 0.1) is 11.6 Å². The van der Waals surface area contributed by atoms with Crippen LogP contribution in [0.15, 0.2) is 63.9 Å². The molecule has 9 heteroatoms. The maximum atomic E-state index is 13.8. The van der Waals surface area contributed by atoms with Crippen LogP contribution in [0.3, 0.4) is 0 Å². The molecule has 5 nitrogen and oxygen atoms in total. The molecule has 0 saturated heterocycles. The predicted molar refractivity (Wildman–Crippen MR) is 109 cm³/mol. The summed E-state index contributed by atoms with van der Waals surface area (Å²) in [7, 11) is 0. The zero-order valence-corrected chi connectivity index (χ0v) is 16.3. The van der Waals surface area contributed by atoms with Gasteiger partial charge < -0.3 is 5.11 Å². The van der Waals surface area contributed by atoms with Gasteiger partial charge in [0.1, 0.15) is 16.5 Å². The first kappa shape index (κ1) is 19.3. The Labute approximate surface area is 171 Å². The summed E-state index contributed by atoms with van der Waals surface area (Å²) >= 11 is 2.07. The van der Waals surface area contributed by atoms with Gasteiger partial charge in [-0.1, -0.05) is 30.0 Å². The normalized spacial score (nSPS) is 11.1. The van der Waals surface area contributed by atoms with Gasteiger partial charge in [0.05, 0.1) is 16.8 Å². The topological polar surface area (TPSA) is 72.2 Å². The number of fused-ring (bicyclic) bond motifs is 1. The van der Waals surface area contributed by atoms with Gasteiger partial charge in [0, 0.05) is 10.9 Å². The fourth-order valence-electron chi connectivity index (χ4n) is 2.91. The predicted octanol–water partition coefficient (Wildman–Crippen LogP) is 4.57. The molecular formula is C20H12F2N2O3S2. The van der Waals surface area contributed by atoms with Crippen molar-refractivity contribution in [1.29, 1.82) is 0 Å². The van der Waals surface area contributed by atoms with E-state index in [0.717, 1.165) is 11.8 Å². The van der Waals surface area contributed by atoms with Crippen molar-refractivity contribution >= 4 is 39.3 Å². The number of benzene rings is 2. The van der Waals surface area contributed by atoms with Crippen LogP contribution in [0.4, 0.5) is 8.78 Å². The van der Waals surface area contributed by atoms with Crippen molar-refractivity contribution in [2.45, 2.75) is 5.16 Å². The first-order chi connectivity index (χ1) is 13.9. The summed E-state index contributed by atoms with van der Waals surface area (Å²) in [4.78, 5) is 29.3. The second-order valence-corrected chi connectivity index (χ2v) is 7.84. The molecule has 2 heterocycles. The summed E-state index contributed by atoms with van der Waals surface area (Å²) in [6.45, 7) is 0. The van der Waals surface area contributed by atoms with Crippen molar-refractivity contribution in [3.63, 3.8) is 0 Å². The highest BCUT2D eigenvalue weighted by Crippen LogP contribution is 2.33. The van der Waals surface area contributed by atoms with Gasteiger partial charge in [0.2, 0.25) is 0 Å². The van der Waals surface area contributed by atoms with Gasteiger partial charge in [0.25, 0.3) is 5.56 Å². The van der Waals surface area contributed by atoms with E-state index in [4.69, 9.17) is 5.11 Å². The van der Waals surface area contributed by atoms with Gasteiger partial charge in [0.15, 0.2) is 5.16 Å². The first-order valence-corrected chi connectivity index (χ1v) is 10.2. The number of carboxylic acid groups (broad SMARTS) is 1. The van der Waals surface area contributed by atoms with Crippen LogP contribution in [0.2, 0.25) is 0 Å². The molecule has 0 radical (unpaired) electrons. The van der Waals surface area contributed by atoms with Crippen LogP contribution >= 0.6 is 23.1 Å². The lowest BCUT2D eigenvalue weighted by Crippen LogP contribution is -2.22. The van der Waals surface area contributed by atoms with E-state index >= 15 is 0 Å². The lowest BCUT2D eigenvalue weighted by atomic mass is 10.1. The standard InChI is InChI=1S/C20H12F2N2O3S2/c21-12-4-1-3-11(7-12)15-9-28-18-17(15)19(27)24(14-6-2-5-13(22)8-14)20(23-18)29-10-16(25)26/h1-9H,10H2,(H,25,26). The number of halogens is 2. The zero-order chi connectivity index (χ0) is 20.5. The Morgan fingerprint density at radius 3 is 2.55 bits per heavy atom. The number of nitrogens with zero attached hydrogens (tertiary/aromatic N) is 2. The van der Waals surface area contributed by atoms with E-state index in [1.165, 1.54) is 52.3 Å². The van der Waals surface area contributed by atoms with E-state index in [-0.39, 0.29) is 22.0 Å². The number of rotatable bonds is 5. The molecule has 0 fully saturated rings. The molecule has 0 bridgehead atoms. The van der Waals surface area contributed by atoms with Crippen LogP contribution in [-0.4, -0.2) is 26.4 Å². The molecule has 29 heavy (non-hydrogen) atoms. The molecule has 146 valence electrons. The van der Waals surface area contributed by atoms with E-state index in [1.807, 2.05) is 0 Å². The summed E-state index contributed by atoms with van der Waals surface area (Å²) in [6, 6.07) is 11.3. The number of carbonyl (C=O) groups is 1. The first-order valence-electron chi connectivity index (χ1n) is 8.35. The van der Waals surface area contributed by atoms with E-state index in [2.05, 4.69) is 4.98 Å². The summed E-state index contributed by atoms with van der Waals surface area (Å²) < 4.78 is 28.7. The number of aliphatic carboxylic acids is 1. The SMILES string of the molecule is O=C(O)CSc1nc2scc(-c3cccc(F)c3)c2c(=O)n1-c1cccc(F)c1. The lowest BCUT2D eigenvalue weighted by Gasteiger charge is -2.12. The fraction of sp³-hybridized carbons (Fsp3) is 0.0500. The molecule has 0 spiro atoms. The van der Waals surface area contributed by atoms with Gasteiger partial charge in [-0.25, -0.2) is 13.8 Å². The van der Waals surface area contributed by atoms with Crippen LogP contribution in [0.5, 0.6) is 0 Å². The van der Waals surface area contributed by atoms with Crippen molar-refractivity contribution in [2.75, 3.05) is 5.75 Å². The Kier molecular flexibility index (Phi) is 5.16. The Hall–Kier alpha value is -3.04. The summed E-state index contributed by atoms with van der Waals surface area (Å²) in [5.41, 5.74) is 0.788. The highest BCUT2D eigenvalue weighted by Gasteiger charge is 2.19. The van der Waals surface area contributed by atoms with Crippen LogP contribution < -0.4 is 5.56 Å². The molecule has 2 aromatic heterocycles. The average molecular weight is 430 g/mol. The van der Waals surface area contributed by atoms with Crippen molar-refractivity contribution in [3.8, 4) is 16.8 Å². The van der Waals surface area contributed by atoms with Gasteiger partial charge in [-0.15, -0.1) is 11.3 Å². The van der Waals surface area contributed by atoms with Crippen LogP contribution in [0.25, 0.3) is 27.0 Å². The van der Waals surface area contributed by atoms with Gasteiger partial charge in [-0.05, 0) is 35.9 Å². The van der Waals surface area contributed by atoms with Gasteiger partial charge in [-0.2, -0.15) is 0 Å². The molecule has 1 N–H and O–H groups in total. The van der Waals surface area contributed by atoms with Gasteiger partial charge >= 0.3 is 5.97 Å². The minimum Gasteiger partial charge on any atom is -0.481 e. The molecule has 2 aromatic carbocycles. The van der Waals surface area contributed by atoms with Crippen molar-refractivity contribution in [2.24, 2.45) is 0 Å². The zero-order valence-electron chi connectivity index (χ0n) is 14.6. The third-order valence-electron chi connectivity index (χ3n) is 4.10. The quantitative estimate of drug-likeness (QED) is 0.371. The Balaban J connectivity index is 2.00.